The second kappa shape index (κ2) is 23.4. The molecule has 4 nitrogen and oxygen atoms in total. The van der Waals surface area contributed by atoms with Gasteiger partial charge in [-0.15, -0.1) is 0 Å². The van der Waals surface area contributed by atoms with Crippen LogP contribution in [-0.4, -0.2) is 187 Å². The summed E-state index contributed by atoms with van der Waals surface area (Å²) in [6.45, 7) is 54.6. The maximum absolute atomic E-state index is 3.50. The zero-order valence-electron chi connectivity index (χ0n) is 39.4. The molecule has 0 aromatic heterocycles. The summed E-state index contributed by atoms with van der Waals surface area (Å²) >= 11 is 2.09. The van der Waals surface area contributed by atoms with Gasteiger partial charge in [0.15, 0.2) is 0 Å². The zero-order valence-corrected chi connectivity index (χ0v) is 59.5. The zero-order chi connectivity index (χ0) is 42.2. The van der Waals surface area contributed by atoms with Crippen LogP contribution in [0.1, 0.15) is 47.5 Å². The van der Waals surface area contributed by atoms with E-state index >= 15 is 0 Å². The monoisotopic (exact) mass is 1340 g/mol. The van der Waals surface area contributed by atoms with E-state index in [9.17, 15) is 0 Å². The molecule has 4 heterocycles. The van der Waals surface area contributed by atoms with E-state index in [1.165, 1.54) is 12.8 Å². The summed E-state index contributed by atoms with van der Waals surface area (Å²) in [5, 5.41) is 0. The fraction of sp³-hybridized carbons (Fsp3) is 0.917. The van der Waals surface area contributed by atoms with Crippen molar-refractivity contribution >= 4 is 174 Å². The van der Waals surface area contributed by atoms with Crippen LogP contribution in [-0.2, 0) is 0 Å². The van der Waals surface area contributed by atoms with Crippen molar-refractivity contribution in [3.8, 4) is 0 Å². The van der Waals surface area contributed by atoms with Crippen molar-refractivity contribution < 1.29 is 0 Å². The van der Waals surface area contributed by atoms with E-state index in [4.69, 9.17) is 0 Å². The van der Waals surface area contributed by atoms with Crippen molar-refractivity contribution in [3.63, 3.8) is 0 Å². The molecule has 2 radical (unpaired) electrons. The third kappa shape index (κ3) is 17.4. The fourth-order valence-electron chi connectivity index (χ4n) is 9.59. The quantitative estimate of drug-likeness (QED) is 0.236. The van der Waals surface area contributed by atoms with Gasteiger partial charge in [-0.2, -0.15) is 0 Å². The van der Waals surface area contributed by atoms with Gasteiger partial charge in [0, 0.05) is 0 Å². The third-order valence-corrected chi connectivity index (χ3v) is 102. The molecule has 0 atom stereocenters. The first-order valence-corrected chi connectivity index (χ1v) is 57.9. The Hall–Kier alpha value is 4.64. The molecule has 4 fully saturated rings. The van der Waals surface area contributed by atoms with Crippen LogP contribution in [0, 0.1) is 0 Å². The molecule has 4 aliphatic heterocycles. The number of rotatable bonds is 7. The van der Waals surface area contributed by atoms with Crippen molar-refractivity contribution in [2.24, 2.45) is 0 Å². The summed E-state index contributed by atoms with van der Waals surface area (Å²) in [4.78, 5) is 0. The second-order valence-electron chi connectivity index (χ2n) is 21.9. The van der Waals surface area contributed by atoms with Crippen LogP contribution in [0.4, 0.5) is 0 Å². The average molecular weight is 1330 g/mol. The fourth-order valence-corrected chi connectivity index (χ4v) is 115. The van der Waals surface area contributed by atoms with E-state index in [0.717, 1.165) is 8.72 Å². The van der Waals surface area contributed by atoms with Crippen LogP contribution in [0.3, 0.4) is 0 Å². The molecule has 17 heteroatoms. The predicted molar refractivity (Wildman–Crippen MR) is 283 cm³/mol. The normalized spacial score (nSPS) is 26.1. The Morgan fingerprint density at radius 2 is 0.774 bits per heavy atom. The van der Waals surface area contributed by atoms with Gasteiger partial charge in [-0.05, 0) is 0 Å². The van der Waals surface area contributed by atoms with Crippen molar-refractivity contribution in [3.05, 3.63) is 0 Å². The molecule has 0 spiro atoms. The molecule has 0 N–H and O–H groups in total. The SMILES string of the molecule is C=[Te]=C.CC(C)[Te].CCCC=[Te].C[CH](C)[Ge]([N]1[Si](C)(C)CC[Si]1(C)C)[N]1[Si](C)(C)CC[Si]1(C)C.C[Si]1(C)CC[Si](C)(C)[N]1[GeH2][N]1[Si](C)(C)CC[Si]1(C)C. The number of nitrogens with zero attached hydrogens (tertiary/aromatic N) is 4. The van der Waals surface area contributed by atoms with E-state index in [0.29, 0.717) is 0 Å². The van der Waals surface area contributed by atoms with Crippen molar-refractivity contribution in [1.82, 2.24) is 12.8 Å². The van der Waals surface area contributed by atoms with E-state index in [1.54, 1.807) is 48.4 Å². The maximum atomic E-state index is 3.50. The Morgan fingerprint density at radius 3 is 0.925 bits per heavy atom. The number of hydrogen-bond donors (Lipinski definition) is 0. The van der Waals surface area contributed by atoms with Crippen molar-refractivity contribution in [1.29, 1.82) is 0 Å². The van der Waals surface area contributed by atoms with E-state index in [2.05, 4.69) is 188 Å². The first-order valence-electron chi connectivity index (χ1n) is 21.0. The van der Waals surface area contributed by atoms with Crippen LogP contribution < -0.4 is 0 Å². The Bertz CT molecular complexity index is 1050. The van der Waals surface area contributed by atoms with Gasteiger partial charge >= 0.3 is 396 Å². The van der Waals surface area contributed by atoms with Gasteiger partial charge in [0.25, 0.3) is 0 Å². The molecule has 4 aliphatic rings. The Morgan fingerprint density at radius 1 is 0.566 bits per heavy atom. The van der Waals surface area contributed by atoms with Gasteiger partial charge in [0.2, 0.25) is 0 Å². The van der Waals surface area contributed by atoms with Crippen LogP contribution in [0.5, 0.6) is 0 Å². The van der Waals surface area contributed by atoms with E-state index < -0.39 is 96.6 Å². The molecule has 0 saturated carbocycles. The predicted octanol–water partition coefficient (Wildman–Crippen LogP) is 10.1. The van der Waals surface area contributed by atoms with E-state index in [1.807, 2.05) is 21.8 Å². The minimum atomic E-state index is -1.35. The van der Waals surface area contributed by atoms with Crippen LogP contribution in [0.15, 0.2) is 0 Å². The van der Waals surface area contributed by atoms with Gasteiger partial charge in [-0.25, -0.2) is 0 Å². The molecule has 4 rings (SSSR count). The molecule has 53 heavy (non-hydrogen) atoms. The number of unbranched alkanes of at least 4 members (excludes halogenated alkanes) is 1. The van der Waals surface area contributed by atoms with Crippen LogP contribution in [0.2, 0.25) is 162 Å². The minimum absolute atomic E-state index is 0.0300. The topological polar surface area (TPSA) is 13.0 Å². The molecule has 0 aromatic rings. The number of hydrogen-bond acceptors (Lipinski definition) is 4. The van der Waals surface area contributed by atoms with Gasteiger partial charge in [-0.1, -0.05) is 0 Å². The Labute approximate surface area is 390 Å². The van der Waals surface area contributed by atoms with E-state index in [-0.39, 0.29) is 20.0 Å². The molecule has 0 unspecified atom stereocenters. The van der Waals surface area contributed by atoms with Crippen LogP contribution >= 0.6 is 0 Å². The molecule has 0 aromatic carbocycles. The van der Waals surface area contributed by atoms with Crippen molar-refractivity contribution in [2.75, 3.05) is 0 Å². The molecule has 0 amide bonds. The Kier molecular flexibility index (Phi) is 25.4. The molecule has 0 bridgehead atoms. The standard InChI is InChI=1S/C15H39GeN2Si4.C12H34GeN2Si4.C4H8Te.C3H7Te.C2H4Te/c1-15(2)16(17-19(3,4)11-12-20(17,5)6)18-21(7,8)13-14-22(18,9)10;1-16(2)9-10-17(3,4)14(16)13-15-18(5,6)11-12-19(15,7)8;1-2-3-4-5;1-3(2)4;1-3-2/h15H,11-14H2,1-10H3;9-13H2,1-8H3;4H,2-3H2,1H3;3H,1-2H3;1-2H2. The molecule has 314 valence electrons. The third-order valence-electron chi connectivity index (χ3n) is 12.4. The first-order chi connectivity index (χ1) is 23.7. The average Bonchev–Trinajstić information content (AvgIpc) is 3.51. The van der Waals surface area contributed by atoms with Crippen molar-refractivity contribution in [2.45, 2.75) is 209 Å². The van der Waals surface area contributed by atoms with Gasteiger partial charge < -0.3 is 0 Å². The van der Waals surface area contributed by atoms with Gasteiger partial charge in [0.05, 0.1) is 0 Å². The summed E-state index contributed by atoms with van der Waals surface area (Å²) in [6.07, 6.45) is 2.56. The molecule has 4 saturated heterocycles. The summed E-state index contributed by atoms with van der Waals surface area (Å²) in [7, 11) is -8.67. The molecular weight excluding hydrogens is 1240 g/mol. The van der Waals surface area contributed by atoms with Gasteiger partial charge in [0.1, 0.15) is 0 Å². The summed E-state index contributed by atoms with van der Waals surface area (Å²) in [5.41, 5.74) is 0. The second-order valence-corrected chi connectivity index (χ2v) is 83.5. The van der Waals surface area contributed by atoms with Gasteiger partial charge in [-0.3, -0.25) is 0 Å². The van der Waals surface area contributed by atoms with Crippen LogP contribution in [0.25, 0.3) is 0 Å². The molecular formula is C36H92Ge2N4Si8Te3. The summed E-state index contributed by atoms with van der Waals surface area (Å²) in [5.74, 6) is 0. The summed E-state index contributed by atoms with van der Waals surface area (Å²) in [6, 6.07) is 12.7. The Balaban J connectivity index is 0.000000788. The first kappa shape index (κ1) is 57.6. The summed E-state index contributed by atoms with van der Waals surface area (Å²) < 4.78 is 24.3. The molecule has 0 aliphatic carbocycles.